The van der Waals surface area contributed by atoms with Crippen molar-refractivity contribution < 1.29 is 18.7 Å². The number of fused-ring (bicyclic) bond motifs is 1. The van der Waals surface area contributed by atoms with Gasteiger partial charge in [-0.3, -0.25) is 9.69 Å². The molecule has 0 aliphatic heterocycles. The minimum Gasteiger partial charge on any atom is -0.497 e. The van der Waals surface area contributed by atoms with Gasteiger partial charge in [0, 0.05) is 0 Å². The van der Waals surface area contributed by atoms with Crippen LogP contribution in [0.4, 0.5) is 9.52 Å². The average molecular weight is 437 g/mol. The zero-order chi connectivity index (χ0) is 21.8. The van der Waals surface area contributed by atoms with Crippen LogP contribution in [0.15, 0.2) is 72.8 Å². The van der Waals surface area contributed by atoms with Gasteiger partial charge in [-0.15, -0.1) is 0 Å². The number of hydrogen-bond donors (Lipinski definition) is 0. The third-order valence-electron chi connectivity index (χ3n) is 4.74. The van der Waals surface area contributed by atoms with Crippen LogP contribution in [0.2, 0.25) is 0 Å². The van der Waals surface area contributed by atoms with Crippen molar-refractivity contribution in [3.63, 3.8) is 0 Å². The fourth-order valence-corrected chi connectivity index (χ4v) is 4.13. The predicted octanol–water partition coefficient (Wildman–Crippen LogP) is 5.44. The molecule has 0 spiro atoms. The van der Waals surface area contributed by atoms with Gasteiger partial charge in [-0.25, -0.2) is 9.37 Å². The summed E-state index contributed by atoms with van der Waals surface area (Å²) >= 11 is 1.42. The second kappa shape index (κ2) is 9.14. The summed E-state index contributed by atoms with van der Waals surface area (Å²) < 4.78 is 25.2. The van der Waals surface area contributed by atoms with Crippen molar-refractivity contribution >= 4 is 32.6 Å². The summed E-state index contributed by atoms with van der Waals surface area (Å²) in [4.78, 5) is 19.7. The van der Waals surface area contributed by atoms with Crippen LogP contribution < -0.4 is 14.4 Å². The maximum Gasteiger partial charge on any atom is 0.269 e. The molecule has 158 valence electrons. The number of ether oxygens (including phenoxy) is 2. The maximum atomic E-state index is 13.4. The molecule has 1 atom stereocenters. The average Bonchev–Trinajstić information content (AvgIpc) is 3.22. The Morgan fingerprint density at radius 2 is 1.77 bits per heavy atom. The van der Waals surface area contributed by atoms with Crippen molar-refractivity contribution in [3.05, 3.63) is 84.2 Å². The van der Waals surface area contributed by atoms with E-state index in [-0.39, 0.29) is 11.7 Å². The molecule has 31 heavy (non-hydrogen) atoms. The van der Waals surface area contributed by atoms with E-state index in [0.717, 1.165) is 21.5 Å². The van der Waals surface area contributed by atoms with Gasteiger partial charge in [0.05, 0.1) is 23.9 Å². The largest absolute Gasteiger partial charge is 0.497 e. The third-order valence-corrected chi connectivity index (χ3v) is 5.78. The second-order valence-corrected chi connectivity index (χ2v) is 7.96. The second-order valence-electron chi connectivity index (χ2n) is 6.95. The molecule has 0 bridgehead atoms. The first kappa shape index (κ1) is 20.8. The van der Waals surface area contributed by atoms with Crippen molar-refractivity contribution in [1.82, 2.24) is 4.98 Å². The van der Waals surface area contributed by atoms with E-state index >= 15 is 0 Å². The fourth-order valence-electron chi connectivity index (χ4n) is 3.13. The molecular weight excluding hydrogens is 415 g/mol. The first-order valence-corrected chi connectivity index (χ1v) is 10.6. The lowest BCUT2D eigenvalue weighted by Crippen LogP contribution is -2.40. The molecule has 1 aromatic heterocycles. The fraction of sp³-hybridized carbons (Fsp3) is 0.167. The van der Waals surface area contributed by atoms with Crippen LogP contribution in [-0.2, 0) is 11.3 Å². The van der Waals surface area contributed by atoms with Gasteiger partial charge < -0.3 is 9.47 Å². The zero-order valence-electron chi connectivity index (χ0n) is 17.1. The van der Waals surface area contributed by atoms with Gasteiger partial charge >= 0.3 is 0 Å². The minimum atomic E-state index is -0.782. The molecule has 0 saturated heterocycles. The van der Waals surface area contributed by atoms with Gasteiger partial charge in [-0.2, -0.15) is 0 Å². The summed E-state index contributed by atoms with van der Waals surface area (Å²) in [6, 6.07) is 20.9. The number of methoxy groups -OCH3 is 1. The molecule has 0 saturated carbocycles. The van der Waals surface area contributed by atoms with E-state index in [4.69, 9.17) is 9.47 Å². The van der Waals surface area contributed by atoms with Gasteiger partial charge in [-0.05, 0) is 55.0 Å². The first-order valence-electron chi connectivity index (χ1n) is 9.75. The van der Waals surface area contributed by atoms with E-state index in [1.807, 2.05) is 48.5 Å². The molecule has 5 nitrogen and oxygen atoms in total. The highest BCUT2D eigenvalue weighted by molar-refractivity contribution is 7.22. The summed E-state index contributed by atoms with van der Waals surface area (Å²) in [6.07, 6.45) is -0.782. The molecule has 0 aliphatic rings. The number of carbonyl (C=O) groups excluding carboxylic acids is 1. The number of hydrogen-bond acceptors (Lipinski definition) is 5. The molecule has 0 aliphatic carbocycles. The summed E-state index contributed by atoms with van der Waals surface area (Å²) in [7, 11) is 1.61. The monoisotopic (exact) mass is 436 g/mol. The summed E-state index contributed by atoms with van der Waals surface area (Å²) in [5.41, 5.74) is 1.76. The van der Waals surface area contributed by atoms with Crippen LogP contribution >= 0.6 is 11.3 Å². The topological polar surface area (TPSA) is 51.7 Å². The summed E-state index contributed by atoms with van der Waals surface area (Å²) in [5, 5.41) is 0.576. The molecule has 1 unspecified atom stereocenters. The number of rotatable bonds is 7. The van der Waals surface area contributed by atoms with Gasteiger partial charge in [-0.1, -0.05) is 41.7 Å². The Balaban J connectivity index is 1.64. The normalized spacial score (nSPS) is 11.8. The highest BCUT2D eigenvalue weighted by atomic mass is 32.1. The molecule has 0 fully saturated rings. The molecule has 0 radical (unpaired) electrons. The Bertz CT molecular complexity index is 1180. The maximum absolute atomic E-state index is 13.4. The number of benzene rings is 3. The van der Waals surface area contributed by atoms with Gasteiger partial charge in [0.15, 0.2) is 11.2 Å². The molecule has 0 N–H and O–H groups in total. The standard InChI is InChI=1S/C24H21FN2O3S/c1-16(30-19-10-8-18(25)9-11-19)23(28)27(15-17-6-4-3-5-7-17)24-26-21-13-12-20(29-2)14-22(21)31-24/h3-14,16H,15H2,1-2H3. The lowest BCUT2D eigenvalue weighted by Gasteiger charge is -2.24. The quantitative estimate of drug-likeness (QED) is 0.387. The Morgan fingerprint density at radius 1 is 1.06 bits per heavy atom. The number of carbonyl (C=O) groups is 1. The molecule has 3 aromatic carbocycles. The number of halogens is 1. The van der Waals surface area contributed by atoms with E-state index in [1.165, 1.54) is 35.6 Å². The van der Waals surface area contributed by atoms with Crippen molar-refractivity contribution in [2.75, 3.05) is 12.0 Å². The molecule has 7 heteroatoms. The van der Waals surface area contributed by atoms with Crippen molar-refractivity contribution in [3.8, 4) is 11.5 Å². The van der Waals surface area contributed by atoms with Crippen LogP contribution in [0, 0.1) is 5.82 Å². The highest BCUT2D eigenvalue weighted by Crippen LogP contribution is 2.33. The Kier molecular flexibility index (Phi) is 6.13. The molecule has 4 aromatic rings. The van der Waals surface area contributed by atoms with Crippen LogP contribution in [-0.4, -0.2) is 24.1 Å². The lowest BCUT2D eigenvalue weighted by atomic mass is 10.2. The van der Waals surface area contributed by atoms with Crippen LogP contribution in [0.5, 0.6) is 11.5 Å². The molecule has 1 amide bonds. The van der Waals surface area contributed by atoms with Crippen molar-refractivity contribution in [2.24, 2.45) is 0 Å². The van der Waals surface area contributed by atoms with Crippen molar-refractivity contribution in [1.29, 1.82) is 0 Å². The van der Waals surface area contributed by atoms with E-state index < -0.39 is 6.10 Å². The number of aromatic nitrogens is 1. The van der Waals surface area contributed by atoms with Crippen LogP contribution in [0.3, 0.4) is 0 Å². The van der Waals surface area contributed by atoms with Crippen LogP contribution in [0.1, 0.15) is 12.5 Å². The summed E-state index contributed by atoms with van der Waals surface area (Å²) in [6.45, 7) is 2.04. The lowest BCUT2D eigenvalue weighted by molar-refractivity contribution is -0.124. The smallest absolute Gasteiger partial charge is 0.269 e. The first-order chi connectivity index (χ1) is 15.0. The minimum absolute atomic E-state index is 0.237. The number of nitrogens with zero attached hydrogens (tertiary/aromatic N) is 2. The van der Waals surface area contributed by atoms with E-state index in [9.17, 15) is 9.18 Å². The van der Waals surface area contributed by atoms with Crippen molar-refractivity contribution in [2.45, 2.75) is 19.6 Å². The highest BCUT2D eigenvalue weighted by Gasteiger charge is 2.26. The Morgan fingerprint density at radius 3 is 2.48 bits per heavy atom. The zero-order valence-corrected chi connectivity index (χ0v) is 17.9. The Hall–Kier alpha value is -3.45. The van der Waals surface area contributed by atoms with Gasteiger partial charge in [0.25, 0.3) is 5.91 Å². The predicted molar refractivity (Wildman–Crippen MR) is 120 cm³/mol. The van der Waals surface area contributed by atoms with E-state index in [1.54, 1.807) is 18.9 Å². The molecule has 4 rings (SSSR count). The summed E-state index contributed by atoms with van der Waals surface area (Å²) in [5.74, 6) is 0.564. The van der Waals surface area contributed by atoms with E-state index in [0.29, 0.717) is 17.4 Å². The van der Waals surface area contributed by atoms with Gasteiger partial charge in [0.1, 0.15) is 17.3 Å². The third kappa shape index (κ3) is 4.83. The molecular formula is C24H21FN2O3S. The SMILES string of the molecule is COc1ccc2nc(N(Cc3ccccc3)C(=O)C(C)Oc3ccc(F)cc3)sc2c1. The Labute approximate surface area is 183 Å². The van der Waals surface area contributed by atoms with E-state index in [2.05, 4.69) is 4.98 Å². The number of amides is 1. The number of anilines is 1. The number of thiazole rings is 1. The van der Waals surface area contributed by atoms with Gasteiger partial charge in [0.2, 0.25) is 0 Å². The molecule has 1 heterocycles. The van der Waals surface area contributed by atoms with Crippen LogP contribution in [0.25, 0.3) is 10.2 Å².